The highest BCUT2D eigenvalue weighted by Crippen LogP contribution is 2.27. The summed E-state index contributed by atoms with van der Waals surface area (Å²) >= 11 is 5.18. The zero-order valence-corrected chi connectivity index (χ0v) is 6.49. The second-order valence-electron chi connectivity index (χ2n) is 2.18. The van der Waals surface area contributed by atoms with Crippen LogP contribution in [0.15, 0.2) is 0 Å². The lowest BCUT2D eigenvalue weighted by Gasteiger charge is -2.12. The lowest BCUT2D eigenvalue weighted by molar-refractivity contribution is -0.138. The molecule has 1 atom stereocenters. The van der Waals surface area contributed by atoms with Crippen molar-refractivity contribution in [2.75, 3.05) is 0 Å². The molecule has 1 unspecified atom stereocenters. The monoisotopic (exact) mass is 168 g/mol. The Morgan fingerprint density at radius 1 is 1.80 bits per heavy atom. The van der Waals surface area contributed by atoms with Gasteiger partial charge in [0.05, 0.1) is 6.42 Å². The first-order chi connectivity index (χ1) is 4.48. The van der Waals surface area contributed by atoms with Gasteiger partial charge in [0.2, 0.25) is 0 Å². The van der Waals surface area contributed by atoms with Crippen LogP contribution >= 0.6 is 11.6 Å². The Morgan fingerprint density at radius 3 is 2.60 bits per heavy atom. The average Bonchev–Trinajstić information content (AvgIpc) is 1.59. The van der Waals surface area contributed by atoms with Crippen LogP contribution in [0.25, 0.3) is 0 Å². The Labute approximate surface area is 64.0 Å². The second kappa shape index (κ2) is 3.76. The maximum atomic E-state index is 12.7. The van der Waals surface area contributed by atoms with Crippen molar-refractivity contribution in [2.45, 2.75) is 31.3 Å². The van der Waals surface area contributed by atoms with E-state index in [0.717, 1.165) is 0 Å². The number of aliphatic carboxylic acids is 1. The van der Waals surface area contributed by atoms with E-state index in [0.29, 0.717) is 6.42 Å². The summed E-state index contributed by atoms with van der Waals surface area (Å²) in [5.74, 6) is -1.20. The smallest absolute Gasteiger partial charge is 0.307 e. The minimum absolute atomic E-state index is 0.0842. The van der Waals surface area contributed by atoms with Crippen molar-refractivity contribution in [3.63, 3.8) is 0 Å². The Hall–Kier alpha value is -0.310. The van der Waals surface area contributed by atoms with Gasteiger partial charge in [0, 0.05) is 0 Å². The molecule has 1 N–H and O–H groups in total. The molecule has 0 aliphatic carbocycles. The molecule has 60 valence electrons. The lowest BCUT2D eigenvalue weighted by Crippen LogP contribution is -2.18. The maximum absolute atomic E-state index is 12.7. The summed E-state index contributed by atoms with van der Waals surface area (Å²) in [6.07, 6.45) is 0.0104. The number of hydrogen-bond acceptors (Lipinski definition) is 1. The Morgan fingerprint density at radius 2 is 2.30 bits per heavy atom. The van der Waals surface area contributed by atoms with Crippen LogP contribution in [0, 0.1) is 0 Å². The number of carboxylic acids is 1. The van der Waals surface area contributed by atoms with Crippen molar-refractivity contribution in [1.29, 1.82) is 0 Å². The first-order valence-electron chi connectivity index (χ1n) is 3.07. The fourth-order valence-corrected chi connectivity index (χ4v) is 0.979. The van der Waals surface area contributed by atoms with Crippen LogP contribution in [0.2, 0.25) is 0 Å². The summed E-state index contributed by atoms with van der Waals surface area (Å²) in [4.78, 5) is 9.97. The number of alkyl halides is 2. The Bertz CT molecular complexity index is 125. The quantitative estimate of drug-likeness (QED) is 0.654. The van der Waals surface area contributed by atoms with E-state index in [9.17, 15) is 9.18 Å². The largest absolute Gasteiger partial charge is 0.481 e. The molecule has 0 aromatic rings. The minimum atomic E-state index is -2.05. The number of rotatable bonds is 4. The van der Waals surface area contributed by atoms with Gasteiger partial charge in [-0.25, -0.2) is 4.39 Å². The van der Waals surface area contributed by atoms with Crippen molar-refractivity contribution >= 4 is 17.6 Å². The zero-order valence-electron chi connectivity index (χ0n) is 5.73. The van der Waals surface area contributed by atoms with Gasteiger partial charge in [-0.05, 0) is 6.42 Å². The summed E-state index contributed by atoms with van der Waals surface area (Å²) in [6.45, 7) is 1.75. The first kappa shape index (κ1) is 9.69. The number of halogens is 2. The summed E-state index contributed by atoms with van der Waals surface area (Å²) in [5.41, 5.74) is 0. The molecule has 0 aromatic carbocycles. The molecule has 0 aliphatic heterocycles. The molecule has 0 spiro atoms. The van der Waals surface area contributed by atoms with Gasteiger partial charge < -0.3 is 5.11 Å². The van der Waals surface area contributed by atoms with Gasteiger partial charge in [0.1, 0.15) is 0 Å². The van der Waals surface area contributed by atoms with E-state index in [1.807, 2.05) is 0 Å². The van der Waals surface area contributed by atoms with Crippen LogP contribution in [0.3, 0.4) is 0 Å². The molecule has 0 saturated heterocycles. The van der Waals surface area contributed by atoms with Gasteiger partial charge in [0.25, 0.3) is 0 Å². The fourth-order valence-electron chi connectivity index (χ4n) is 0.675. The highest BCUT2D eigenvalue weighted by Gasteiger charge is 2.28. The van der Waals surface area contributed by atoms with Crippen molar-refractivity contribution in [3.05, 3.63) is 0 Å². The molecule has 0 heterocycles. The Kier molecular flexibility index (Phi) is 3.64. The van der Waals surface area contributed by atoms with Crippen LogP contribution in [0.1, 0.15) is 26.2 Å². The van der Waals surface area contributed by atoms with E-state index in [4.69, 9.17) is 16.7 Å². The summed E-state index contributed by atoms with van der Waals surface area (Å²) < 4.78 is 12.7. The lowest BCUT2D eigenvalue weighted by atomic mass is 10.1. The van der Waals surface area contributed by atoms with E-state index in [-0.39, 0.29) is 6.42 Å². The standard InChI is InChI=1S/C6H10ClFO2/c1-2-3-6(7,8)4-5(9)10/h2-4H2,1H3,(H,9,10). The SMILES string of the molecule is CCCC(F)(Cl)CC(=O)O. The van der Waals surface area contributed by atoms with Crippen LogP contribution in [0.4, 0.5) is 4.39 Å². The normalized spacial score (nSPS) is 16.3. The minimum Gasteiger partial charge on any atom is -0.481 e. The van der Waals surface area contributed by atoms with Crippen LogP contribution in [0.5, 0.6) is 0 Å². The van der Waals surface area contributed by atoms with Crippen molar-refractivity contribution in [3.8, 4) is 0 Å². The highest BCUT2D eigenvalue weighted by atomic mass is 35.5. The third kappa shape index (κ3) is 4.56. The fraction of sp³-hybridized carbons (Fsp3) is 0.833. The Balaban J connectivity index is 3.74. The van der Waals surface area contributed by atoms with Crippen LogP contribution in [-0.2, 0) is 4.79 Å². The molecular weight excluding hydrogens is 159 g/mol. The average molecular weight is 169 g/mol. The highest BCUT2D eigenvalue weighted by molar-refractivity contribution is 6.23. The number of carbonyl (C=O) groups is 1. The van der Waals surface area contributed by atoms with Crippen molar-refractivity contribution in [2.24, 2.45) is 0 Å². The third-order valence-corrected chi connectivity index (χ3v) is 1.35. The molecule has 0 rings (SSSR count). The molecular formula is C6H10ClFO2. The van der Waals surface area contributed by atoms with E-state index in [1.165, 1.54) is 0 Å². The van der Waals surface area contributed by atoms with E-state index < -0.39 is 17.5 Å². The second-order valence-corrected chi connectivity index (χ2v) is 2.85. The summed E-state index contributed by atoms with van der Waals surface area (Å²) in [5, 5.41) is 6.10. The molecule has 4 heteroatoms. The maximum Gasteiger partial charge on any atom is 0.307 e. The molecule has 0 amide bonds. The molecule has 2 nitrogen and oxygen atoms in total. The van der Waals surface area contributed by atoms with Gasteiger partial charge in [-0.3, -0.25) is 4.79 Å². The molecule has 0 radical (unpaired) electrons. The van der Waals surface area contributed by atoms with Gasteiger partial charge >= 0.3 is 5.97 Å². The third-order valence-electron chi connectivity index (χ3n) is 1.03. The van der Waals surface area contributed by atoms with Gasteiger partial charge in [-0.15, -0.1) is 0 Å². The van der Waals surface area contributed by atoms with Gasteiger partial charge in [0.15, 0.2) is 5.13 Å². The number of hydrogen-bond donors (Lipinski definition) is 1. The van der Waals surface area contributed by atoms with Gasteiger partial charge in [-0.1, -0.05) is 24.9 Å². The van der Waals surface area contributed by atoms with E-state index in [1.54, 1.807) is 6.92 Å². The molecule has 0 saturated carbocycles. The van der Waals surface area contributed by atoms with E-state index in [2.05, 4.69) is 0 Å². The topological polar surface area (TPSA) is 37.3 Å². The van der Waals surface area contributed by atoms with E-state index >= 15 is 0 Å². The predicted molar refractivity (Wildman–Crippen MR) is 36.9 cm³/mol. The summed E-state index contributed by atoms with van der Waals surface area (Å²) in [7, 11) is 0. The van der Waals surface area contributed by atoms with Crippen LogP contribution in [-0.4, -0.2) is 16.2 Å². The first-order valence-corrected chi connectivity index (χ1v) is 3.45. The summed E-state index contributed by atoms with van der Waals surface area (Å²) in [6, 6.07) is 0. The molecule has 0 aromatic heterocycles. The van der Waals surface area contributed by atoms with Gasteiger partial charge in [-0.2, -0.15) is 0 Å². The van der Waals surface area contributed by atoms with Crippen LogP contribution < -0.4 is 0 Å². The molecule has 0 aliphatic rings. The zero-order chi connectivity index (χ0) is 8.20. The molecule has 0 bridgehead atoms. The molecule has 10 heavy (non-hydrogen) atoms. The number of carboxylic acid groups (broad SMARTS) is 1. The van der Waals surface area contributed by atoms with Crippen molar-refractivity contribution in [1.82, 2.24) is 0 Å². The molecule has 0 fully saturated rings. The van der Waals surface area contributed by atoms with Crippen molar-refractivity contribution < 1.29 is 14.3 Å². The predicted octanol–water partition coefficient (Wildman–Crippen LogP) is 2.17.